The molecule has 1 aromatic carbocycles. The van der Waals surface area contributed by atoms with Crippen molar-refractivity contribution in [3.63, 3.8) is 0 Å². The minimum Gasteiger partial charge on any atom is -0.310 e. The maximum Gasteiger partial charge on any atom is 0.269 e. The number of halogens is 1. The Hall–Kier alpha value is -1.13. The van der Waals surface area contributed by atoms with Gasteiger partial charge in [-0.15, -0.1) is 0 Å². The molecule has 0 amide bonds. The predicted octanol–water partition coefficient (Wildman–Crippen LogP) is 2.67. The van der Waals surface area contributed by atoms with E-state index < -0.39 is 4.92 Å². The van der Waals surface area contributed by atoms with E-state index in [9.17, 15) is 10.1 Å². The van der Waals surface area contributed by atoms with Gasteiger partial charge in [-0.3, -0.25) is 10.1 Å². The number of hydrogen-bond acceptors (Lipinski definition) is 3. The second-order valence-corrected chi connectivity index (χ2v) is 4.02. The summed E-state index contributed by atoms with van der Waals surface area (Å²) in [5, 5.41) is 14.5. The Bertz CT molecular complexity index is 389. The Morgan fingerprint density at radius 2 is 2.33 bits per heavy atom. The molecule has 0 radical (unpaired) electrons. The molecule has 4 nitrogen and oxygen atoms in total. The monoisotopic (exact) mass is 226 g/mol. The predicted molar refractivity (Wildman–Crippen MR) is 58.1 cm³/mol. The summed E-state index contributed by atoms with van der Waals surface area (Å²) >= 11 is 6.02. The zero-order valence-electron chi connectivity index (χ0n) is 8.07. The molecule has 1 atom stereocenters. The molecule has 1 aliphatic rings. The van der Waals surface area contributed by atoms with E-state index in [1.807, 2.05) is 0 Å². The van der Waals surface area contributed by atoms with Gasteiger partial charge < -0.3 is 5.32 Å². The van der Waals surface area contributed by atoms with Crippen LogP contribution in [0.15, 0.2) is 18.2 Å². The number of rotatable bonds is 2. The standard InChI is InChI=1S/C10H11ClN2O2/c11-9-4-3-7(13(14)15)6-8(9)10-2-1-5-12-10/h3-4,6,10,12H,1-2,5H2/t10-/m1/s1. The van der Waals surface area contributed by atoms with Gasteiger partial charge in [-0.2, -0.15) is 0 Å². The largest absolute Gasteiger partial charge is 0.310 e. The highest BCUT2D eigenvalue weighted by atomic mass is 35.5. The lowest BCUT2D eigenvalue weighted by atomic mass is 10.0. The molecular formula is C10H11ClN2O2. The Kier molecular flexibility index (Phi) is 2.88. The number of nitro groups is 1. The van der Waals surface area contributed by atoms with Crippen molar-refractivity contribution in [2.75, 3.05) is 6.54 Å². The lowest BCUT2D eigenvalue weighted by Gasteiger charge is -2.11. The molecule has 15 heavy (non-hydrogen) atoms. The second-order valence-electron chi connectivity index (χ2n) is 3.61. The first-order valence-corrected chi connectivity index (χ1v) is 5.23. The van der Waals surface area contributed by atoms with Crippen LogP contribution in [-0.2, 0) is 0 Å². The zero-order valence-corrected chi connectivity index (χ0v) is 8.83. The fourth-order valence-corrected chi connectivity index (χ4v) is 2.11. The van der Waals surface area contributed by atoms with Gasteiger partial charge in [-0.25, -0.2) is 0 Å². The summed E-state index contributed by atoms with van der Waals surface area (Å²) in [7, 11) is 0. The van der Waals surface area contributed by atoms with Gasteiger partial charge in [0.15, 0.2) is 0 Å². The van der Waals surface area contributed by atoms with Crippen molar-refractivity contribution in [3.05, 3.63) is 38.9 Å². The molecule has 0 aliphatic carbocycles. The van der Waals surface area contributed by atoms with Crippen LogP contribution in [0, 0.1) is 10.1 Å². The molecule has 0 bridgehead atoms. The average molecular weight is 227 g/mol. The highest BCUT2D eigenvalue weighted by molar-refractivity contribution is 6.31. The topological polar surface area (TPSA) is 55.2 Å². The van der Waals surface area contributed by atoms with Crippen LogP contribution in [-0.4, -0.2) is 11.5 Å². The third-order valence-electron chi connectivity index (χ3n) is 2.63. The van der Waals surface area contributed by atoms with Crippen LogP contribution in [0.4, 0.5) is 5.69 Å². The normalized spacial score (nSPS) is 20.5. The molecule has 1 aromatic rings. The van der Waals surface area contributed by atoms with Gasteiger partial charge in [0.2, 0.25) is 0 Å². The maximum atomic E-state index is 10.6. The lowest BCUT2D eigenvalue weighted by Crippen LogP contribution is -2.13. The summed E-state index contributed by atoms with van der Waals surface area (Å²) in [5.74, 6) is 0. The lowest BCUT2D eigenvalue weighted by molar-refractivity contribution is -0.384. The van der Waals surface area contributed by atoms with Crippen molar-refractivity contribution < 1.29 is 4.92 Å². The molecule has 2 rings (SSSR count). The summed E-state index contributed by atoms with van der Waals surface area (Å²) in [6, 6.07) is 4.75. The number of nitrogens with one attached hydrogen (secondary N) is 1. The molecule has 1 saturated heterocycles. The van der Waals surface area contributed by atoms with Crippen molar-refractivity contribution in [2.45, 2.75) is 18.9 Å². The van der Waals surface area contributed by atoms with Crippen molar-refractivity contribution in [2.24, 2.45) is 0 Å². The summed E-state index contributed by atoms with van der Waals surface area (Å²) in [4.78, 5) is 10.2. The van der Waals surface area contributed by atoms with Crippen molar-refractivity contribution >= 4 is 17.3 Å². The molecule has 1 fully saturated rings. The first kappa shape index (κ1) is 10.4. The first-order chi connectivity index (χ1) is 7.18. The van der Waals surface area contributed by atoms with Crippen LogP contribution in [0.2, 0.25) is 5.02 Å². The van der Waals surface area contributed by atoms with E-state index in [-0.39, 0.29) is 11.7 Å². The second kappa shape index (κ2) is 4.16. The average Bonchev–Trinajstić information content (AvgIpc) is 2.71. The summed E-state index contributed by atoms with van der Waals surface area (Å²) in [6.45, 7) is 0.948. The van der Waals surface area contributed by atoms with Gasteiger partial charge in [0.1, 0.15) is 0 Å². The third-order valence-corrected chi connectivity index (χ3v) is 2.97. The van der Waals surface area contributed by atoms with Crippen molar-refractivity contribution in [1.29, 1.82) is 0 Å². The Morgan fingerprint density at radius 3 is 2.93 bits per heavy atom. The van der Waals surface area contributed by atoms with E-state index >= 15 is 0 Å². The number of benzene rings is 1. The molecule has 0 saturated carbocycles. The van der Waals surface area contributed by atoms with Crippen LogP contribution in [0.5, 0.6) is 0 Å². The van der Waals surface area contributed by atoms with Crippen LogP contribution < -0.4 is 5.32 Å². The van der Waals surface area contributed by atoms with Crippen LogP contribution >= 0.6 is 11.6 Å². The minimum atomic E-state index is -0.394. The fraction of sp³-hybridized carbons (Fsp3) is 0.400. The van der Waals surface area contributed by atoms with E-state index in [1.54, 1.807) is 12.1 Å². The van der Waals surface area contributed by atoms with Crippen LogP contribution in [0.25, 0.3) is 0 Å². The first-order valence-electron chi connectivity index (χ1n) is 4.85. The number of nitro benzene ring substituents is 1. The molecular weight excluding hydrogens is 216 g/mol. The minimum absolute atomic E-state index is 0.100. The highest BCUT2D eigenvalue weighted by Gasteiger charge is 2.21. The van der Waals surface area contributed by atoms with E-state index in [1.165, 1.54) is 6.07 Å². The number of non-ortho nitro benzene ring substituents is 1. The van der Waals surface area contributed by atoms with Crippen molar-refractivity contribution in [3.8, 4) is 0 Å². The molecule has 80 valence electrons. The molecule has 0 aromatic heterocycles. The smallest absolute Gasteiger partial charge is 0.269 e. The Balaban J connectivity index is 2.35. The number of hydrogen-bond donors (Lipinski definition) is 1. The summed E-state index contributed by atoms with van der Waals surface area (Å²) < 4.78 is 0. The summed E-state index contributed by atoms with van der Waals surface area (Å²) in [5.41, 5.74) is 0.937. The highest BCUT2D eigenvalue weighted by Crippen LogP contribution is 2.31. The molecule has 1 N–H and O–H groups in total. The zero-order chi connectivity index (χ0) is 10.8. The van der Waals surface area contributed by atoms with Gasteiger partial charge >= 0.3 is 0 Å². The number of nitrogens with zero attached hydrogens (tertiary/aromatic N) is 1. The van der Waals surface area contributed by atoms with Gasteiger partial charge in [-0.05, 0) is 31.0 Å². The SMILES string of the molecule is O=[N+]([O-])c1ccc(Cl)c([C@H]2CCCN2)c1. The Morgan fingerprint density at radius 1 is 1.53 bits per heavy atom. The van der Waals surface area contributed by atoms with Crippen molar-refractivity contribution in [1.82, 2.24) is 5.32 Å². The van der Waals surface area contributed by atoms with Crippen LogP contribution in [0.3, 0.4) is 0 Å². The Labute approximate surface area is 92.4 Å². The maximum absolute atomic E-state index is 10.6. The van der Waals surface area contributed by atoms with E-state index in [0.717, 1.165) is 24.9 Å². The fourth-order valence-electron chi connectivity index (χ4n) is 1.86. The quantitative estimate of drug-likeness (QED) is 0.623. The third kappa shape index (κ3) is 2.11. The van der Waals surface area contributed by atoms with Gasteiger partial charge in [0, 0.05) is 23.2 Å². The van der Waals surface area contributed by atoms with E-state index in [2.05, 4.69) is 5.32 Å². The molecule has 1 aliphatic heterocycles. The van der Waals surface area contributed by atoms with Gasteiger partial charge in [0.05, 0.1) is 4.92 Å². The van der Waals surface area contributed by atoms with E-state index in [0.29, 0.717) is 5.02 Å². The summed E-state index contributed by atoms with van der Waals surface area (Å²) in [6.07, 6.45) is 2.07. The molecule has 0 spiro atoms. The molecule has 0 unspecified atom stereocenters. The molecule has 5 heteroatoms. The van der Waals surface area contributed by atoms with Gasteiger partial charge in [0.25, 0.3) is 5.69 Å². The van der Waals surface area contributed by atoms with E-state index in [4.69, 9.17) is 11.6 Å². The molecule has 1 heterocycles. The van der Waals surface area contributed by atoms with Gasteiger partial charge in [-0.1, -0.05) is 11.6 Å². The van der Waals surface area contributed by atoms with Crippen LogP contribution in [0.1, 0.15) is 24.4 Å².